The largest absolute Gasteiger partial charge is 0.484 e. The number of aromatic amines is 1. The van der Waals surface area contributed by atoms with Gasteiger partial charge in [-0.3, -0.25) is 4.79 Å². The summed E-state index contributed by atoms with van der Waals surface area (Å²) in [5, 5.41) is 3.56. The van der Waals surface area contributed by atoms with Crippen LogP contribution >= 0.6 is 11.6 Å². The predicted octanol–water partition coefficient (Wildman–Crippen LogP) is 5.02. The highest BCUT2D eigenvalue weighted by atomic mass is 35.5. The average molecular weight is 406 g/mol. The molecule has 0 atom stereocenters. The summed E-state index contributed by atoms with van der Waals surface area (Å²) in [5.74, 6) is 1.32. The summed E-state index contributed by atoms with van der Waals surface area (Å²) >= 11 is 5.85. The lowest BCUT2D eigenvalue weighted by atomic mass is 10.1. The van der Waals surface area contributed by atoms with E-state index in [4.69, 9.17) is 16.3 Å². The molecule has 4 aromatic rings. The molecule has 146 valence electrons. The Labute approximate surface area is 173 Å². The van der Waals surface area contributed by atoms with Gasteiger partial charge in [-0.25, -0.2) is 4.98 Å². The first-order valence-corrected chi connectivity index (χ1v) is 9.75. The van der Waals surface area contributed by atoms with Gasteiger partial charge in [0.1, 0.15) is 11.6 Å². The number of anilines is 1. The fourth-order valence-corrected chi connectivity index (χ4v) is 3.23. The summed E-state index contributed by atoms with van der Waals surface area (Å²) in [7, 11) is 0. The van der Waals surface area contributed by atoms with Gasteiger partial charge >= 0.3 is 0 Å². The van der Waals surface area contributed by atoms with Crippen LogP contribution in [0.25, 0.3) is 11.0 Å². The van der Waals surface area contributed by atoms with Crippen LogP contribution in [0.1, 0.15) is 11.4 Å². The molecule has 0 saturated carbocycles. The first kappa shape index (κ1) is 19.0. The number of H-pyrrole nitrogens is 1. The molecule has 0 spiro atoms. The number of aromatic nitrogens is 2. The van der Waals surface area contributed by atoms with Gasteiger partial charge in [0.2, 0.25) is 0 Å². The van der Waals surface area contributed by atoms with Crippen LogP contribution in [0.3, 0.4) is 0 Å². The second-order valence-electron chi connectivity index (χ2n) is 6.65. The van der Waals surface area contributed by atoms with E-state index in [1.165, 1.54) is 0 Å². The molecule has 2 N–H and O–H groups in total. The molecule has 0 aliphatic carbocycles. The van der Waals surface area contributed by atoms with Gasteiger partial charge in [-0.15, -0.1) is 0 Å². The highest BCUT2D eigenvalue weighted by Crippen LogP contribution is 2.19. The van der Waals surface area contributed by atoms with Crippen LogP contribution in [0.5, 0.6) is 5.75 Å². The van der Waals surface area contributed by atoms with Crippen LogP contribution in [-0.2, 0) is 17.6 Å². The minimum absolute atomic E-state index is 0.0699. The van der Waals surface area contributed by atoms with Crippen LogP contribution in [0.15, 0.2) is 72.8 Å². The van der Waals surface area contributed by atoms with Crippen molar-refractivity contribution in [3.8, 4) is 5.75 Å². The van der Waals surface area contributed by atoms with E-state index in [0.29, 0.717) is 10.8 Å². The lowest BCUT2D eigenvalue weighted by Crippen LogP contribution is -2.21. The maximum Gasteiger partial charge on any atom is 0.262 e. The van der Waals surface area contributed by atoms with Crippen molar-refractivity contribution in [2.75, 3.05) is 11.9 Å². The Morgan fingerprint density at radius 2 is 1.72 bits per heavy atom. The Morgan fingerprint density at radius 1 is 0.966 bits per heavy atom. The van der Waals surface area contributed by atoms with Gasteiger partial charge in [0.05, 0.1) is 11.0 Å². The minimum atomic E-state index is -0.212. The molecule has 5 nitrogen and oxygen atoms in total. The Kier molecular flexibility index (Phi) is 5.77. The van der Waals surface area contributed by atoms with Crippen molar-refractivity contribution in [3.63, 3.8) is 0 Å². The standard InChI is InChI=1S/C23H20ClN3O2/c24-17-10-12-18(13-11-17)29-15-23(28)27-19-6-2-1-5-16(19)9-14-22-25-20-7-3-4-8-21(20)26-22/h1-8,10-13H,9,14-15H2,(H,25,26)(H,27,28). The Hall–Kier alpha value is -3.31. The number of hydrogen-bond acceptors (Lipinski definition) is 3. The zero-order chi connectivity index (χ0) is 20.1. The molecule has 1 aromatic heterocycles. The van der Waals surface area contributed by atoms with Crippen LogP contribution in [-0.4, -0.2) is 22.5 Å². The lowest BCUT2D eigenvalue weighted by molar-refractivity contribution is -0.118. The maximum atomic E-state index is 12.3. The number of halogens is 1. The topological polar surface area (TPSA) is 67.0 Å². The molecule has 1 amide bonds. The molecule has 4 rings (SSSR count). The number of amides is 1. The van der Waals surface area contributed by atoms with Crippen LogP contribution in [0.2, 0.25) is 5.02 Å². The van der Waals surface area contributed by atoms with E-state index in [1.807, 2.05) is 48.5 Å². The number of carbonyl (C=O) groups excluding carboxylic acids is 1. The number of rotatable bonds is 7. The van der Waals surface area contributed by atoms with Gasteiger partial charge in [-0.1, -0.05) is 41.9 Å². The van der Waals surface area contributed by atoms with Gasteiger partial charge in [0, 0.05) is 17.1 Å². The molecule has 0 saturated heterocycles. The SMILES string of the molecule is O=C(COc1ccc(Cl)cc1)Nc1ccccc1CCc1nc2ccccc2[nH]1. The van der Waals surface area contributed by atoms with Crippen molar-refractivity contribution in [1.82, 2.24) is 9.97 Å². The number of aryl methyl sites for hydroxylation is 2. The summed E-state index contributed by atoms with van der Waals surface area (Å²) in [6, 6.07) is 22.7. The van der Waals surface area contributed by atoms with Crippen LogP contribution < -0.4 is 10.1 Å². The van der Waals surface area contributed by atoms with E-state index < -0.39 is 0 Å². The smallest absolute Gasteiger partial charge is 0.262 e. The van der Waals surface area contributed by atoms with Crippen molar-refractivity contribution < 1.29 is 9.53 Å². The van der Waals surface area contributed by atoms with E-state index in [9.17, 15) is 4.79 Å². The number of carbonyl (C=O) groups is 1. The third-order valence-electron chi connectivity index (χ3n) is 4.54. The number of ether oxygens (including phenoxy) is 1. The Bertz CT molecular complexity index is 1090. The minimum Gasteiger partial charge on any atom is -0.484 e. The number of benzene rings is 3. The molecule has 29 heavy (non-hydrogen) atoms. The van der Waals surface area contributed by atoms with Crippen molar-refractivity contribution in [2.45, 2.75) is 12.8 Å². The predicted molar refractivity (Wildman–Crippen MR) is 116 cm³/mol. The molecule has 0 bridgehead atoms. The summed E-state index contributed by atoms with van der Waals surface area (Å²) in [5.41, 5.74) is 3.83. The summed E-state index contributed by atoms with van der Waals surface area (Å²) in [4.78, 5) is 20.3. The molecule has 0 aliphatic heterocycles. The van der Waals surface area contributed by atoms with E-state index >= 15 is 0 Å². The highest BCUT2D eigenvalue weighted by Gasteiger charge is 2.09. The molecule has 1 heterocycles. The van der Waals surface area contributed by atoms with Gasteiger partial charge in [0.25, 0.3) is 5.91 Å². The van der Waals surface area contributed by atoms with Crippen LogP contribution in [0.4, 0.5) is 5.69 Å². The third kappa shape index (κ3) is 4.95. The average Bonchev–Trinajstić information content (AvgIpc) is 3.16. The zero-order valence-electron chi connectivity index (χ0n) is 15.7. The first-order valence-electron chi connectivity index (χ1n) is 9.37. The Balaban J connectivity index is 1.37. The van der Waals surface area contributed by atoms with Crippen molar-refractivity contribution in [1.29, 1.82) is 0 Å². The number of nitrogens with one attached hydrogen (secondary N) is 2. The molecular weight excluding hydrogens is 386 g/mol. The molecule has 0 radical (unpaired) electrons. The summed E-state index contributed by atoms with van der Waals surface area (Å²) in [6.07, 6.45) is 1.51. The fourth-order valence-electron chi connectivity index (χ4n) is 3.10. The number of hydrogen-bond donors (Lipinski definition) is 2. The van der Waals surface area contributed by atoms with Crippen molar-refractivity contribution >= 4 is 34.2 Å². The molecule has 0 fully saturated rings. The highest BCUT2D eigenvalue weighted by molar-refractivity contribution is 6.30. The summed E-state index contributed by atoms with van der Waals surface area (Å²) < 4.78 is 5.51. The zero-order valence-corrected chi connectivity index (χ0v) is 16.4. The van der Waals surface area contributed by atoms with E-state index in [2.05, 4.69) is 15.3 Å². The molecule has 6 heteroatoms. The monoisotopic (exact) mass is 405 g/mol. The summed E-state index contributed by atoms with van der Waals surface area (Å²) in [6.45, 7) is -0.0699. The van der Waals surface area contributed by atoms with Gasteiger partial charge in [-0.2, -0.15) is 0 Å². The third-order valence-corrected chi connectivity index (χ3v) is 4.80. The molecule has 0 unspecified atom stereocenters. The second-order valence-corrected chi connectivity index (χ2v) is 7.09. The molecule has 0 aliphatic rings. The van der Waals surface area contributed by atoms with Crippen molar-refractivity contribution in [3.05, 3.63) is 89.2 Å². The number of fused-ring (bicyclic) bond motifs is 1. The Morgan fingerprint density at radius 3 is 2.55 bits per heavy atom. The van der Waals surface area contributed by atoms with Gasteiger partial charge < -0.3 is 15.0 Å². The maximum absolute atomic E-state index is 12.3. The number of para-hydroxylation sites is 3. The van der Waals surface area contributed by atoms with E-state index in [1.54, 1.807) is 24.3 Å². The first-order chi connectivity index (χ1) is 14.2. The van der Waals surface area contributed by atoms with Crippen molar-refractivity contribution in [2.24, 2.45) is 0 Å². The van der Waals surface area contributed by atoms with E-state index in [0.717, 1.165) is 41.0 Å². The quantitative estimate of drug-likeness (QED) is 0.453. The molecular formula is C23H20ClN3O2. The fraction of sp³-hybridized carbons (Fsp3) is 0.130. The molecule has 3 aromatic carbocycles. The second kappa shape index (κ2) is 8.80. The van der Waals surface area contributed by atoms with Gasteiger partial charge in [0.15, 0.2) is 6.61 Å². The lowest BCUT2D eigenvalue weighted by Gasteiger charge is -2.11. The van der Waals surface area contributed by atoms with Gasteiger partial charge in [-0.05, 0) is 54.4 Å². The van der Waals surface area contributed by atoms with Crippen LogP contribution in [0, 0.1) is 0 Å². The van der Waals surface area contributed by atoms with E-state index in [-0.39, 0.29) is 12.5 Å². The number of nitrogens with zero attached hydrogens (tertiary/aromatic N) is 1. The number of imidazole rings is 1. The normalized spacial score (nSPS) is 10.8.